The van der Waals surface area contributed by atoms with Crippen LogP contribution in [0.15, 0.2) is 41.2 Å². The second kappa shape index (κ2) is 5.88. The van der Waals surface area contributed by atoms with Gasteiger partial charge in [-0.25, -0.2) is 0 Å². The van der Waals surface area contributed by atoms with Gasteiger partial charge in [0.1, 0.15) is 0 Å². The number of hydrogen-bond acceptors (Lipinski definition) is 5. The number of hydrogen-bond donors (Lipinski definition) is 1. The van der Waals surface area contributed by atoms with E-state index in [1.807, 2.05) is 38.5 Å². The maximum Gasteiger partial charge on any atom is 0.258 e. The normalized spacial score (nSPS) is 11.0. The Morgan fingerprint density at radius 1 is 1.29 bits per heavy atom. The van der Waals surface area contributed by atoms with Crippen molar-refractivity contribution >= 4 is 0 Å². The molecule has 3 aromatic rings. The molecule has 2 heterocycles. The number of nitrogens with zero attached hydrogens (tertiary/aromatic N) is 4. The minimum atomic E-state index is 0.542. The highest BCUT2D eigenvalue weighted by molar-refractivity contribution is 5.61. The molecule has 2 aromatic heterocycles. The highest BCUT2D eigenvalue weighted by Gasteiger charge is 2.14. The van der Waals surface area contributed by atoms with Crippen molar-refractivity contribution in [1.29, 1.82) is 0 Å². The smallest absolute Gasteiger partial charge is 0.258 e. The number of likely N-dealkylation sites (N-methyl/N-ethyl adjacent to an activating group) is 1. The van der Waals surface area contributed by atoms with Gasteiger partial charge in [0.2, 0.25) is 5.82 Å². The first kappa shape index (κ1) is 13.5. The molecule has 6 heteroatoms. The van der Waals surface area contributed by atoms with Crippen LogP contribution in [0.25, 0.3) is 22.8 Å². The van der Waals surface area contributed by atoms with Gasteiger partial charge < -0.3 is 9.84 Å². The first-order chi connectivity index (χ1) is 10.3. The lowest BCUT2D eigenvalue weighted by Crippen LogP contribution is -2.10. The molecular formula is C15H17N5O. The zero-order valence-corrected chi connectivity index (χ0v) is 12.1. The van der Waals surface area contributed by atoms with Gasteiger partial charge >= 0.3 is 0 Å². The maximum absolute atomic E-state index is 5.42. The first-order valence-electron chi connectivity index (χ1n) is 6.83. The fourth-order valence-electron chi connectivity index (χ4n) is 2.19. The number of aromatic nitrogens is 4. The lowest BCUT2D eigenvalue weighted by atomic mass is 10.0. The SMILES string of the molecule is CNCCc1ccccc1-c1nc(-c2cnn(C)c2)no1. The number of benzene rings is 1. The van der Waals surface area contributed by atoms with Crippen LogP contribution < -0.4 is 5.32 Å². The Bertz CT molecular complexity index is 731. The average Bonchev–Trinajstić information content (AvgIpc) is 3.14. The van der Waals surface area contributed by atoms with Crippen LogP contribution in [0.4, 0.5) is 0 Å². The molecule has 1 N–H and O–H groups in total. The van der Waals surface area contributed by atoms with Gasteiger partial charge in [-0.3, -0.25) is 4.68 Å². The summed E-state index contributed by atoms with van der Waals surface area (Å²) < 4.78 is 7.13. The molecule has 0 unspecified atom stereocenters. The summed E-state index contributed by atoms with van der Waals surface area (Å²) in [6.45, 7) is 0.903. The largest absolute Gasteiger partial charge is 0.334 e. The number of rotatable bonds is 5. The Kier molecular flexibility index (Phi) is 3.79. The van der Waals surface area contributed by atoms with E-state index in [0.29, 0.717) is 11.7 Å². The molecule has 0 amide bonds. The van der Waals surface area contributed by atoms with Crippen molar-refractivity contribution in [2.75, 3.05) is 13.6 Å². The van der Waals surface area contributed by atoms with E-state index in [0.717, 1.165) is 24.1 Å². The van der Waals surface area contributed by atoms with E-state index in [1.165, 1.54) is 5.56 Å². The van der Waals surface area contributed by atoms with Gasteiger partial charge in [-0.05, 0) is 31.6 Å². The van der Waals surface area contributed by atoms with Gasteiger partial charge in [0.05, 0.1) is 11.8 Å². The molecule has 0 aliphatic heterocycles. The van der Waals surface area contributed by atoms with Crippen molar-refractivity contribution < 1.29 is 4.52 Å². The first-order valence-corrected chi connectivity index (χ1v) is 6.83. The molecule has 6 nitrogen and oxygen atoms in total. The number of nitrogens with one attached hydrogen (secondary N) is 1. The molecule has 0 aliphatic carbocycles. The zero-order valence-electron chi connectivity index (χ0n) is 12.1. The molecule has 0 saturated heterocycles. The van der Waals surface area contributed by atoms with Crippen molar-refractivity contribution in [3.63, 3.8) is 0 Å². The van der Waals surface area contributed by atoms with Gasteiger partial charge in [0.15, 0.2) is 0 Å². The monoisotopic (exact) mass is 283 g/mol. The summed E-state index contributed by atoms with van der Waals surface area (Å²) in [5.74, 6) is 1.10. The van der Waals surface area contributed by atoms with Crippen molar-refractivity contribution in [1.82, 2.24) is 25.2 Å². The Labute approximate surface area is 122 Å². The Balaban J connectivity index is 1.93. The van der Waals surface area contributed by atoms with Crippen LogP contribution >= 0.6 is 0 Å². The standard InChI is InChI=1S/C15H17N5O/c1-16-8-7-11-5-3-4-6-13(11)15-18-14(19-21-15)12-9-17-20(2)10-12/h3-6,9-10,16H,7-8H2,1-2H3. The lowest BCUT2D eigenvalue weighted by molar-refractivity contribution is 0.432. The van der Waals surface area contributed by atoms with Crippen LogP contribution in [-0.2, 0) is 13.5 Å². The van der Waals surface area contributed by atoms with Gasteiger partial charge in [-0.2, -0.15) is 10.1 Å². The highest BCUT2D eigenvalue weighted by Crippen LogP contribution is 2.25. The molecule has 0 saturated carbocycles. The topological polar surface area (TPSA) is 68.8 Å². The summed E-state index contributed by atoms with van der Waals surface area (Å²) in [6, 6.07) is 8.09. The van der Waals surface area contributed by atoms with Gasteiger partial charge in [0, 0.05) is 18.8 Å². The fourth-order valence-corrected chi connectivity index (χ4v) is 2.19. The van der Waals surface area contributed by atoms with E-state index in [4.69, 9.17) is 4.52 Å². The lowest BCUT2D eigenvalue weighted by Gasteiger charge is -2.04. The summed E-state index contributed by atoms with van der Waals surface area (Å²) in [6.07, 6.45) is 4.50. The van der Waals surface area contributed by atoms with E-state index in [-0.39, 0.29) is 0 Å². The maximum atomic E-state index is 5.42. The van der Waals surface area contributed by atoms with E-state index in [1.54, 1.807) is 10.9 Å². The van der Waals surface area contributed by atoms with Crippen LogP contribution in [0.5, 0.6) is 0 Å². The quantitative estimate of drug-likeness (QED) is 0.774. The zero-order chi connectivity index (χ0) is 14.7. The highest BCUT2D eigenvalue weighted by atomic mass is 16.5. The van der Waals surface area contributed by atoms with Crippen molar-refractivity contribution in [3.05, 3.63) is 42.2 Å². The molecule has 0 atom stereocenters. The molecule has 0 aliphatic rings. The summed E-state index contributed by atoms with van der Waals surface area (Å²) in [5.41, 5.74) is 3.02. The van der Waals surface area contributed by atoms with Gasteiger partial charge in [0.25, 0.3) is 5.89 Å². The van der Waals surface area contributed by atoms with Gasteiger partial charge in [-0.1, -0.05) is 23.4 Å². The van der Waals surface area contributed by atoms with Crippen molar-refractivity contribution in [2.45, 2.75) is 6.42 Å². The molecule has 1 aromatic carbocycles. The Morgan fingerprint density at radius 3 is 2.90 bits per heavy atom. The average molecular weight is 283 g/mol. The van der Waals surface area contributed by atoms with Crippen LogP contribution in [0.1, 0.15) is 5.56 Å². The predicted molar refractivity (Wildman–Crippen MR) is 79.6 cm³/mol. The molecule has 21 heavy (non-hydrogen) atoms. The van der Waals surface area contributed by atoms with Crippen molar-refractivity contribution in [3.8, 4) is 22.8 Å². The van der Waals surface area contributed by atoms with E-state index in [9.17, 15) is 0 Å². The molecule has 0 bridgehead atoms. The third-order valence-corrected chi connectivity index (χ3v) is 3.28. The van der Waals surface area contributed by atoms with Crippen LogP contribution in [0.3, 0.4) is 0 Å². The number of aryl methyl sites for hydroxylation is 1. The molecule has 3 rings (SSSR count). The summed E-state index contributed by atoms with van der Waals surface area (Å²) in [5, 5.41) is 11.3. The van der Waals surface area contributed by atoms with E-state index in [2.05, 4.69) is 26.6 Å². The van der Waals surface area contributed by atoms with Crippen molar-refractivity contribution in [2.24, 2.45) is 7.05 Å². The molecule has 0 spiro atoms. The fraction of sp³-hybridized carbons (Fsp3) is 0.267. The summed E-state index contributed by atoms with van der Waals surface area (Å²) >= 11 is 0. The second-order valence-electron chi connectivity index (χ2n) is 4.84. The molecule has 108 valence electrons. The Hall–Kier alpha value is -2.47. The minimum absolute atomic E-state index is 0.542. The summed E-state index contributed by atoms with van der Waals surface area (Å²) in [7, 11) is 3.80. The Morgan fingerprint density at radius 2 is 2.14 bits per heavy atom. The van der Waals surface area contributed by atoms with Gasteiger partial charge in [-0.15, -0.1) is 0 Å². The third-order valence-electron chi connectivity index (χ3n) is 3.28. The molecule has 0 radical (unpaired) electrons. The van der Waals surface area contributed by atoms with Crippen LogP contribution in [0, 0.1) is 0 Å². The van der Waals surface area contributed by atoms with E-state index < -0.39 is 0 Å². The molecular weight excluding hydrogens is 266 g/mol. The third kappa shape index (κ3) is 2.85. The predicted octanol–water partition coefficient (Wildman–Crippen LogP) is 1.90. The molecule has 0 fully saturated rings. The summed E-state index contributed by atoms with van der Waals surface area (Å²) in [4.78, 5) is 4.48. The second-order valence-corrected chi connectivity index (χ2v) is 4.84. The van der Waals surface area contributed by atoms with Crippen LogP contribution in [-0.4, -0.2) is 33.5 Å². The minimum Gasteiger partial charge on any atom is -0.334 e. The van der Waals surface area contributed by atoms with Crippen LogP contribution in [0.2, 0.25) is 0 Å². The van der Waals surface area contributed by atoms with E-state index >= 15 is 0 Å².